The molecule has 1 heterocycles. The van der Waals surface area contributed by atoms with E-state index >= 15 is 0 Å². The summed E-state index contributed by atoms with van der Waals surface area (Å²) >= 11 is 0. The molecule has 0 N–H and O–H groups in total. The second-order valence-corrected chi connectivity index (χ2v) is 4.08. The first-order valence-electron chi connectivity index (χ1n) is 5.33. The van der Waals surface area contributed by atoms with Crippen LogP contribution in [0.4, 0.5) is 5.69 Å². The van der Waals surface area contributed by atoms with E-state index in [9.17, 15) is 0 Å². The van der Waals surface area contributed by atoms with Gasteiger partial charge in [-0.25, -0.2) is 0 Å². The van der Waals surface area contributed by atoms with Crippen LogP contribution in [0.25, 0.3) is 0 Å². The molecule has 71 valence electrons. The van der Waals surface area contributed by atoms with Crippen LogP contribution in [0.15, 0.2) is 29.4 Å². The molecule has 1 saturated carbocycles. The summed E-state index contributed by atoms with van der Waals surface area (Å²) in [7, 11) is 0. The monoisotopic (exact) mass is 185 g/mol. The lowest BCUT2D eigenvalue weighted by atomic mass is 9.95. The fourth-order valence-corrected chi connectivity index (χ4v) is 2.44. The van der Waals surface area contributed by atoms with Crippen molar-refractivity contribution in [1.82, 2.24) is 5.43 Å². The first kappa shape index (κ1) is 8.04. The summed E-state index contributed by atoms with van der Waals surface area (Å²) in [6, 6.07) is 8.28. The molecule has 0 spiro atoms. The third kappa shape index (κ3) is 1.14. The molecule has 0 amide bonds. The topological polar surface area (TPSA) is 26.5 Å². The SMILES string of the molecule is c1ccc2c(c1)[N]N=C2C1CCCC1. The number of hydrogen-bond donors (Lipinski definition) is 0. The third-order valence-electron chi connectivity index (χ3n) is 3.19. The van der Waals surface area contributed by atoms with Gasteiger partial charge in [0.15, 0.2) is 0 Å². The fraction of sp³-hybridized carbons (Fsp3) is 0.417. The van der Waals surface area contributed by atoms with E-state index < -0.39 is 0 Å². The van der Waals surface area contributed by atoms with Crippen LogP contribution in [0.5, 0.6) is 0 Å². The number of benzene rings is 1. The lowest BCUT2D eigenvalue weighted by Crippen LogP contribution is -2.09. The molecule has 0 atom stereocenters. The Bertz CT molecular complexity index is 376. The Morgan fingerprint density at radius 3 is 2.71 bits per heavy atom. The zero-order valence-electron chi connectivity index (χ0n) is 8.11. The van der Waals surface area contributed by atoms with Gasteiger partial charge in [-0.3, -0.25) is 0 Å². The van der Waals surface area contributed by atoms with Crippen LogP contribution in [0.2, 0.25) is 0 Å². The van der Waals surface area contributed by atoms with Crippen molar-refractivity contribution in [2.75, 3.05) is 0 Å². The Morgan fingerprint density at radius 2 is 1.86 bits per heavy atom. The van der Waals surface area contributed by atoms with Crippen molar-refractivity contribution in [2.45, 2.75) is 25.7 Å². The van der Waals surface area contributed by atoms with Crippen LogP contribution in [0.3, 0.4) is 0 Å². The molecule has 14 heavy (non-hydrogen) atoms. The highest BCUT2D eigenvalue weighted by atomic mass is 15.3. The van der Waals surface area contributed by atoms with Crippen LogP contribution in [-0.2, 0) is 0 Å². The summed E-state index contributed by atoms with van der Waals surface area (Å²) in [6.45, 7) is 0. The van der Waals surface area contributed by atoms with Crippen molar-refractivity contribution in [3.05, 3.63) is 29.8 Å². The largest absolute Gasteiger partial charge is 0.154 e. The predicted molar refractivity (Wildman–Crippen MR) is 56.7 cm³/mol. The smallest absolute Gasteiger partial charge is 0.0948 e. The number of rotatable bonds is 1. The highest BCUT2D eigenvalue weighted by Gasteiger charge is 2.27. The van der Waals surface area contributed by atoms with Crippen molar-refractivity contribution in [1.29, 1.82) is 0 Å². The van der Waals surface area contributed by atoms with Crippen molar-refractivity contribution in [3.63, 3.8) is 0 Å². The Hall–Kier alpha value is -1.31. The Kier molecular flexibility index (Phi) is 1.79. The standard InChI is InChI=1S/C12H13N2/c1-2-6-9(5-1)12-10-7-3-4-8-11(10)13-14-12/h3-4,7-9H,1-2,5-6H2. The number of fused-ring (bicyclic) bond motifs is 1. The van der Waals surface area contributed by atoms with E-state index in [2.05, 4.69) is 22.7 Å². The molecule has 0 bridgehead atoms. The highest BCUT2D eigenvalue weighted by molar-refractivity contribution is 6.07. The van der Waals surface area contributed by atoms with Crippen LogP contribution < -0.4 is 5.43 Å². The number of nitrogens with zero attached hydrogens (tertiary/aromatic N) is 2. The molecule has 1 aromatic rings. The maximum Gasteiger partial charge on any atom is 0.0948 e. The van der Waals surface area contributed by atoms with E-state index in [1.165, 1.54) is 37.0 Å². The van der Waals surface area contributed by atoms with Gasteiger partial charge < -0.3 is 0 Å². The van der Waals surface area contributed by atoms with Crippen molar-refractivity contribution < 1.29 is 0 Å². The molecule has 0 aromatic heterocycles. The highest BCUT2D eigenvalue weighted by Crippen LogP contribution is 2.33. The maximum atomic E-state index is 4.33. The summed E-state index contributed by atoms with van der Waals surface area (Å²) in [6.07, 6.45) is 5.29. The van der Waals surface area contributed by atoms with Gasteiger partial charge in [0.25, 0.3) is 0 Å². The Morgan fingerprint density at radius 1 is 1.07 bits per heavy atom. The van der Waals surface area contributed by atoms with Gasteiger partial charge in [0.05, 0.1) is 11.4 Å². The number of hydrogen-bond acceptors (Lipinski definition) is 1. The summed E-state index contributed by atoms with van der Waals surface area (Å²) in [5.74, 6) is 0.669. The van der Waals surface area contributed by atoms with E-state index in [1.54, 1.807) is 0 Å². The van der Waals surface area contributed by atoms with Gasteiger partial charge in [0.2, 0.25) is 0 Å². The van der Waals surface area contributed by atoms with Gasteiger partial charge in [-0.05, 0) is 18.9 Å². The van der Waals surface area contributed by atoms with Gasteiger partial charge in [0, 0.05) is 11.5 Å². The fourth-order valence-electron chi connectivity index (χ4n) is 2.44. The first-order valence-corrected chi connectivity index (χ1v) is 5.33. The molecule has 1 fully saturated rings. The second-order valence-electron chi connectivity index (χ2n) is 4.08. The van der Waals surface area contributed by atoms with E-state index in [1.807, 2.05) is 12.1 Å². The van der Waals surface area contributed by atoms with Gasteiger partial charge in [-0.1, -0.05) is 31.0 Å². The molecule has 2 aliphatic rings. The molecule has 1 radical (unpaired) electrons. The minimum atomic E-state index is 0.669. The van der Waals surface area contributed by atoms with Gasteiger partial charge >= 0.3 is 0 Å². The summed E-state index contributed by atoms with van der Waals surface area (Å²) in [4.78, 5) is 0. The average molecular weight is 185 g/mol. The van der Waals surface area contributed by atoms with Crippen molar-refractivity contribution in [2.24, 2.45) is 11.0 Å². The van der Waals surface area contributed by atoms with Crippen LogP contribution in [-0.4, -0.2) is 5.71 Å². The average Bonchev–Trinajstić information content (AvgIpc) is 2.85. The quantitative estimate of drug-likeness (QED) is 0.643. The van der Waals surface area contributed by atoms with Crippen LogP contribution in [0.1, 0.15) is 31.2 Å². The summed E-state index contributed by atoms with van der Waals surface area (Å²) < 4.78 is 0. The molecule has 1 aliphatic carbocycles. The summed E-state index contributed by atoms with van der Waals surface area (Å²) in [5.41, 5.74) is 7.76. The van der Waals surface area contributed by atoms with E-state index in [4.69, 9.17) is 0 Å². The van der Waals surface area contributed by atoms with Crippen LogP contribution in [0, 0.1) is 5.92 Å². The zero-order valence-corrected chi connectivity index (χ0v) is 8.11. The van der Waals surface area contributed by atoms with Gasteiger partial charge in [0.1, 0.15) is 0 Å². The van der Waals surface area contributed by atoms with Crippen molar-refractivity contribution >= 4 is 11.4 Å². The zero-order chi connectivity index (χ0) is 9.38. The minimum Gasteiger partial charge on any atom is -0.154 e. The van der Waals surface area contributed by atoms with E-state index in [-0.39, 0.29) is 0 Å². The molecule has 0 unspecified atom stereocenters. The van der Waals surface area contributed by atoms with Crippen LogP contribution >= 0.6 is 0 Å². The molecule has 0 saturated heterocycles. The second kappa shape index (κ2) is 3.12. The molecular formula is C12H13N2. The van der Waals surface area contributed by atoms with E-state index in [0.29, 0.717) is 5.92 Å². The first-order chi connectivity index (χ1) is 6.95. The molecule has 1 aromatic carbocycles. The van der Waals surface area contributed by atoms with Gasteiger partial charge in [-0.2, -0.15) is 10.5 Å². The van der Waals surface area contributed by atoms with Crippen molar-refractivity contribution in [3.8, 4) is 0 Å². The predicted octanol–water partition coefficient (Wildman–Crippen LogP) is 2.83. The minimum absolute atomic E-state index is 0.669. The normalized spacial score (nSPS) is 20.4. The lowest BCUT2D eigenvalue weighted by molar-refractivity contribution is 0.726. The van der Waals surface area contributed by atoms with E-state index in [0.717, 1.165) is 5.69 Å². The Labute approximate surface area is 84.0 Å². The molecule has 1 aliphatic heterocycles. The third-order valence-corrected chi connectivity index (χ3v) is 3.19. The Balaban J connectivity index is 1.95. The molecule has 2 heteroatoms. The van der Waals surface area contributed by atoms with Gasteiger partial charge in [-0.15, -0.1) is 0 Å². The lowest BCUT2D eigenvalue weighted by Gasteiger charge is -2.08. The molecule has 2 nitrogen and oxygen atoms in total. The maximum absolute atomic E-state index is 4.33. The molecule has 3 rings (SSSR count). The molecular weight excluding hydrogens is 172 g/mol. The summed E-state index contributed by atoms with van der Waals surface area (Å²) in [5, 5.41) is 4.33.